The summed E-state index contributed by atoms with van der Waals surface area (Å²) in [6.07, 6.45) is 3.05. The van der Waals surface area contributed by atoms with Crippen molar-refractivity contribution in [1.29, 1.82) is 0 Å². The predicted molar refractivity (Wildman–Crippen MR) is 70.4 cm³/mol. The maximum absolute atomic E-state index is 11.7. The number of nitrogens with zero attached hydrogens (tertiary/aromatic N) is 3. The minimum atomic E-state index is -0.545. The zero-order valence-electron chi connectivity index (χ0n) is 10.9. The number of ether oxygens (including phenoxy) is 1. The van der Waals surface area contributed by atoms with Gasteiger partial charge in [-0.25, -0.2) is 9.78 Å². The van der Waals surface area contributed by atoms with Gasteiger partial charge in [0.05, 0.1) is 18.1 Å². The number of carbonyl (C=O) groups excluding carboxylic acids is 1. The molecule has 1 heterocycles. The number of benzene rings is 1. The molecule has 0 aliphatic rings. The van der Waals surface area contributed by atoms with Crippen LogP contribution in [0, 0.1) is 10.1 Å². The van der Waals surface area contributed by atoms with Crippen LogP contribution in [-0.2, 0) is 11.3 Å². The van der Waals surface area contributed by atoms with Crippen molar-refractivity contribution in [2.75, 3.05) is 6.61 Å². The third-order valence-electron chi connectivity index (χ3n) is 2.70. The van der Waals surface area contributed by atoms with E-state index in [0.717, 1.165) is 0 Å². The lowest BCUT2D eigenvalue weighted by atomic mass is 10.2. The number of aromatic nitrogens is 2. The van der Waals surface area contributed by atoms with Crippen LogP contribution in [0.2, 0.25) is 0 Å². The lowest BCUT2D eigenvalue weighted by molar-refractivity contribution is -0.385. The van der Waals surface area contributed by atoms with E-state index in [-0.39, 0.29) is 24.7 Å². The van der Waals surface area contributed by atoms with Crippen LogP contribution < -0.4 is 0 Å². The van der Waals surface area contributed by atoms with E-state index in [2.05, 4.69) is 4.98 Å². The molecular formula is C13H13N3O4. The van der Waals surface area contributed by atoms with E-state index in [1.54, 1.807) is 31.3 Å². The van der Waals surface area contributed by atoms with Gasteiger partial charge < -0.3 is 9.30 Å². The Morgan fingerprint density at radius 2 is 2.20 bits per heavy atom. The number of carbonyl (C=O) groups is 1. The van der Waals surface area contributed by atoms with Gasteiger partial charge >= 0.3 is 5.97 Å². The summed E-state index contributed by atoms with van der Waals surface area (Å²) in [6, 6.07) is 6.38. The fourth-order valence-electron chi connectivity index (χ4n) is 1.83. The van der Waals surface area contributed by atoms with E-state index in [0.29, 0.717) is 5.56 Å². The molecule has 0 N–H and O–H groups in total. The smallest absolute Gasteiger partial charge is 0.374 e. The molecule has 0 aliphatic carbocycles. The first-order chi connectivity index (χ1) is 9.63. The summed E-state index contributed by atoms with van der Waals surface area (Å²) in [7, 11) is 0. The van der Waals surface area contributed by atoms with Gasteiger partial charge in [0.25, 0.3) is 5.69 Å². The molecule has 0 fully saturated rings. The zero-order valence-corrected chi connectivity index (χ0v) is 10.9. The summed E-state index contributed by atoms with van der Waals surface area (Å²) < 4.78 is 6.41. The molecule has 7 heteroatoms. The molecule has 0 spiro atoms. The van der Waals surface area contributed by atoms with Crippen molar-refractivity contribution in [3.8, 4) is 0 Å². The molecule has 2 rings (SSSR count). The Hall–Kier alpha value is -2.70. The molecule has 0 atom stereocenters. The van der Waals surface area contributed by atoms with E-state index < -0.39 is 10.9 Å². The van der Waals surface area contributed by atoms with Gasteiger partial charge in [-0.2, -0.15) is 0 Å². The second-order valence-corrected chi connectivity index (χ2v) is 3.99. The van der Waals surface area contributed by atoms with Gasteiger partial charge in [0.2, 0.25) is 5.82 Å². The Kier molecular flexibility index (Phi) is 4.09. The van der Waals surface area contributed by atoms with Gasteiger partial charge in [-0.05, 0) is 6.92 Å². The SMILES string of the molecule is CCOC(=O)c1nccn1Cc1ccccc1[N+](=O)[O-]. The lowest BCUT2D eigenvalue weighted by Crippen LogP contribution is -2.14. The van der Waals surface area contributed by atoms with Gasteiger partial charge in [-0.1, -0.05) is 18.2 Å². The fraction of sp³-hybridized carbons (Fsp3) is 0.231. The van der Waals surface area contributed by atoms with E-state index in [1.165, 1.54) is 16.8 Å². The number of nitro groups is 1. The molecule has 0 amide bonds. The van der Waals surface area contributed by atoms with Crippen molar-refractivity contribution in [3.05, 3.63) is 58.2 Å². The molecular weight excluding hydrogens is 262 g/mol. The van der Waals surface area contributed by atoms with Crippen LogP contribution in [0.15, 0.2) is 36.7 Å². The zero-order chi connectivity index (χ0) is 14.5. The summed E-state index contributed by atoms with van der Waals surface area (Å²) >= 11 is 0. The average Bonchev–Trinajstić information content (AvgIpc) is 2.87. The lowest BCUT2D eigenvalue weighted by Gasteiger charge is -2.07. The summed E-state index contributed by atoms with van der Waals surface area (Å²) in [5, 5.41) is 11.0. The monoisotopic (exact) mass is 275 g/mol. The van der Waals surface area contributed by atoms with Gasteiger partial charge in [-0.15, -0.1) is 0 Å². The Bertz CT molecular complexity index is 636. The second-order valence-electron chi connectivity index (χ2n) is 3.99. The number of imidazole rings is 1. The average molecular weight is 275 g/mol. The van der Waals surface area contributed by atoms with Gasteiger partial charge in [0.1, 0.15) is 0 Å². The first-order valence-corrected chi connectivity index (χ1v) is 6.04. The largest absolute Gasteiger partial charge is 0.460 e. The highest BCUT2D eigenvalue weighted by Gasteiger charge is 2.17. The third-order valence-corrected chi connectivity index (χ3v) is 2.70. The molecule has 0 saturated heterocycles. The Balaban J connectivity index is 2.30. The van der Waals surface area contributed by atoms with Crippen LogP contribution in [0.4, 0.5) is 5.69 Å². The first kappa shape index (κ1) is 13.7. The molecule has 0 bridgehead atoms. The summed E-state index contributed by atoms with van der Waals surface area (Å²) in [4.78, 5) is 26.1. The standard InChI is InChI=1S/C13H13N3O4/c1-2-20-13(17)12-14-7-8-15(12)9-10-5-3-4-6-11(10)16(18)19/h3-8H,2,9H2,1H3. The molecule has 1 aromatic carbocycles. The number of hydrogen-bond acceptors (Lipinski definition) is 5. The van der Waals surface area contributed by atoms with Crippen LogP contribution in [-0.4, -0.2) is 27.1 Å². The minimum Gasteiger partial charge on any atom is -0.460 e. The molecule has 0 aliphatic heterocycles. The van der Waals surface area contributed by atoms with E-state index in [4.69, 9.17) is 4.74 Å². The van der Waals surface area contributed by atoms with Crippen LogP contribution in [0.25, 0.3) is 0 Å². The number of esters is 1. The van der Waals surface area contributed by atoms with Gasteiger partial charge in [-0.3, -0.25) is 10.1 Å². The highest BCUT2D eigenvalue weighted by molar-refractivity contribution is 5.85. The quantitative estimate of drug-likeness (QED) is 0.473. The highest BCUT2D eigenvalue weighted by Crippen LogP contribution is 2.19. The number of nitro benzene ring substituents is 1. The van der Waals surface area contributed by atoms with E-state index >= 15 is 0 Å². The minimum absolute atomic E-state index is 0.0102. The van der Waals surface area contributed by atoms with Crippen molar-refractivity contribution >= 4 is 11.7 Å². The summed E-state index contributed by atoms with van der Waals surface area (Å²) in [5.41, 5.74) is 0.511. The van der Waals surface area contributed by atoms with Crippen LogP contribution in [0.5, 0.6) is 0 Å². The normalized spacial score (nSPS) is 10.2. The summed E-state index contributed by atoms with van der Waals surface area (Å²) in [5.74, 6) is -0.416. The summed E-state index contributed by atoms with van der Waals surface area (Å²) in [6.45, 7) is 2.13. The maximum Gasteiger partial charge on any atom is 0.374 e. The molecule has 20 heavy (non-hydrogen) atoms. The maximum atomic E-state index is 11.7. The molecule has 7 nitrogen and oxygen atoms in total. The Morgan fingerprint density at radius 1 is 1.45 bits per heavy atom. The van der Waals surface area contributed by atoms with E-state index in [1.807, 2.05) is 0 Å². The Morgan fingerprint density at radius 3 is 2.90 bits per heavy atom. The van der Waals surface area contributed by atoms with Crippen molar-refractivity contribution in [2.24, 2.45) is 0 Å². The second kappa shape index (κ2) is 5.96. The highest BCUT2D eigenvalue weighted by atomic mass is 16.6. The van der Waals surface area contributed by atoms with Crippen molar-refractivity contribution in [1.82, 2.24) is 9.55 Å². The molecule has 1 aromatic heterocycles. The predicted octanol–water partition coefficient (Wildman–Crippen LogP) is 2.02. The molecule has 104 valence electrons. The number of para-hydroxylation sites is 1. The van der Waals surface area contributed by atoms with Gasteiger partial charge in [0, 0.05) is 24.0 Å². The molecule has 0 radical (unpaired) electrons. The molecule has 0 saturated carbocycles. The van der Waals surface area contributed by atoms with Crippen LogP contribution in [0.1, 0.15) is 23.1 Å². The molecule has 0 unspecified atom stereocenters. The van der Waals surface area contributed by atoms with Crippen molar-refractivity contribution in [2.45, 2.75) is 13.5 Å². The van der Waals surface area contributed by atoms with E-state index in [9.17, 15) is 14.9 Å². The third kappa shape index (κ3) is 2.82. The van der Waals surface area contributed by atoms with Crippen molar-refractivity contribution < 1.29 is 14.5 Å². The number of hydrogen-bond donors (Lipinski definition) is 0. The van der Waals surface area contributed by atoms with Crippen LogP contribution >= 0.6 is 0 Å². The fourth-order valence-corrected chi connectivity index (χ4v) is 1.83. The topological polar surface area (TPSA) is 87.3 Å². The first-order valence-electron chi connectivity index (χ1n) is 6.04. The molecule has 2 aromatic rings. The number of rotatable bonds is 5. The van der Waals surface area contributed by atoms with Crippen molar-refractivity contribution in [3.63, 3.8) is 0 Å². The van der Waals surface area contributed by atoms with Gasteiger partial charge in [0.15, 0.2) is 0 Å². The van der Waals surface area contributed by atoms with Crippen LogP contribution in [0.3, 0.4) is 0 Å². The Labute approximate surface area is 115 Å².